The Labute approximate surface area is 167 Å². The second-order valence-electron chi connectivity index (χ2n) is 6.20. The molecule has 0 bridgehead atoms. The summed E-state index contributed by atoms with van der Waals surface area (Å²) in [4.78, 5) is 18.3. The van der Waals surface area contributed by atoms with E-state index in [0.29, 0.717) is 15.7 Å². The summed E-state index contributed by atoms with van der Waals surface area (Å²) in [7, 11) is 1.90. The smallest absolute Gasteiger partial charge is 0.238 e. The number of carbonyl (C=O) groups is 1. The molecule has 0 saturated carbocycles. The molecule has 0 aliphatic heterocycles. The van der Waals surface area contributed by atoms with Gasteiger partial charge >= 0.3 is 0 Å². The molecule has 0 spiro atoms. The van der Waals surface area contributed by atoms with Gasteiger partial charge in [0.25, 0.3) is 0 Å². The Hall–Kier alpha value is -2.41. The van der Waals surface area contributed by atoms with Crippen LogP contribution in [0.5, 0.6) is 0 Å². The molecule has 140 valence electrons. The van der Waals surface area contributed by atoms with E-state index in [1.54, 1.807) is 29.2 Å². The topological polar surface area (TPSA) is 63.1 Å². The van der Waals surface area contributed by atoms with Crippen LogP contribution < -0.4 is 5.32 Å². The molecule has 3 rings (SSSR count). The van der Waals surface area contributed by atoms with Gasteiger partial charge < -0.3 is 5.32 Å². The van der Waals surface area contributed by atoms with E-state index in [9.17, 15) is 4.79 Å². The highest BCUT2D eigenvalue weighted by atomic mass is 35.5. The summed E-state index contributed by atoms with van der Waals surface area (Å²) in [6.07, 6.45) is 3.14. The number of aromatic nitrogens is 3. The van der Waals surface area contributed by atoms with Crippen molar-refractivity contribution in [2.75, 3.05) is 18.9 Å². The van der Waals surface area contributed by atoms with Crippen molar-refractivity contribution in [2.45, 2.75) is 13.0 Å². The summed E-state index contributed by atoms with van der Waals surface area (Å²) in [5.41, 5.74) is 2.53. The summed E-state index contributed by atoms with van der Waals surface area (Å²) in [6, 6.07) is 13.0. The first-order valence-corrected chi connectivity index (χ1v) is 9.10. The number of benzene rings is 2. The first kappa shape index (κ1) is 19.4. The number of carbonyl (C=O) groups excluding carboxylic acids is 1. The number of anilines is 1. The van der Waals surface area contributed by atoms with Crippen LogP contribution >= 0.6 is 23.2 Å². The number of nitrogens with zero attached hydrogens (tertiary/aromatic N) is 4. The quantitative estimate of drug-likeness (QED) is 0.669. The van der Waals surface area contributed by atoms with E-state index in [4.69, 9.17) is 23.2 Å². The molecule has 0 radical (unpaired) electrons. The lowest BCUT2D eigenvalue weighted by Crippen LogP contribution is -2.32. The van der Waals surface area contributed by atoms with Crippen molar-refractivity contribution < 1.29 is 4.79 Å². The Balaban J connectivity index is 1.62. The SMILES string of the molecule is C[C@@H](c1ccc(-n2cncn2)cc1)N(C)CC(=O)Nc1cc(Cl)ccc1Cl. The van der Waals surface area contributed by atoms with Crippen molar-refractivity contribution in [1.29, 1.82) is 0 Å². The Morgan fingerprint density at radius 3 is 2.63 bits per heavy atom. The number of amides is 1. The normalized spacial score (nSPS) is 12.2. The molecule has 27 heavy (non-hydrogen) atoms. The minimum absolute atomic E-state index is 0.0513. The third-order valence-electron chi connectivity index (χ3n) is 4.32. The molecule has 1 atom stereocenters. The van der Waals surface area contributed by atoms with Crippen molar-refractivity contribution >= 4 is 34.8 Å². The predicted octanol–water partition coefficient (Wildman–Crippen LogP) is 4.21. The van der Waals surface area contributed by atoms with Crippen LogP contribution in [-0.4, -0.2) is 39.2 Å². The van der Waals surface area contributed by atoms with Gasteiger partial charge in [-0.05, 0) is 49.9 Å². The number of rotatable bonds is 6. The van der Waals surface area contributed by atoms with Gasteiger partial charge in [0.1, 0.15) is 12.7 Å². The molecule has 1 amide bonds. The van der Waals surface area contributed by atoms with Crippen molar-refractivity contribution in [2.24, 2.45) is 0 Å². The highest BCUT2D eigenvalue weighted by Crippen LogP contribution is 2.26. The molecule has 0 saturated heterocycles. The fraction of sp³-hybridized carbons (Fsp3) is 0.211. The zero-order chi connectivity index (χ0) is 19.4. The molecule has 0 unspecified atom stereocenters. The van der Waals surface area contributed by atoms with Crippen LogP contribution in [0.25, 0.3) is 5.69 Å². The zero-order valence-corrected chi connectivity index (χ0v) is 16.4. The molecule has 2 aromatic carbocycles. The molecule has 8 heteroatoms. The maximum Gasteiger partial charge on any atom is 0.238 e. The van der Waals surface area contributed by atoms with Crippen LogP contribution in [-0.2, 0) is 4.79 Å². The van der Waals surface area contributed by atoms with Crippen molar-refractivity contribution in [3.05, 3.63) is 70.7 Å². The number of hydrogen-bond acceptors (Lipinski definition) is 4. The van der Waals surface area contributed by atoms with Gasteiger partial charge in [0, 0.05) is 11.1 Å². The monoisotopic (exact) mass is 403 g/mol. The van der Waals surface area contributed by atoms with Gasteiger partial charge in [-0.1, -0.05) is 35.3 Å². The summed E-state index contributed by atoms with van der Waals surface area (Å²) in [5, 5.41) is 7.88. The molecule has 3 aromatic rings. The van der Waals surface area contributed by atoms with Gasteiger partial charge in [-0.15, -0.1) is 0 Å². The maximum absolute atomic E-state index is 12.4. The van der Waals surface area contributed by atoms with Crippen LogP contribution in [0.15, 0.2) is 55.1 Å². The van der Waals surface area contributed by atoms with E-state index in [1.807, 2.05) is 43.1 Å². The van der Waals surface area contributed by atoms with E-state index in [1.165, 1.54) is 6.33 Å². The first-order chi connectivity index (χ1) is 12.9. The summed E-state index contributed by atoms with van der Waals surface area (Å²) in [5.74, 6) is -0.159. The molecule has 1 aromatic heterocycles. The molecule has 1 heterocycles. The summed E-state index contributed by atoms with van der Waals surface area (Å²) >= 11 is 12.0. The van der Waals surface area contributed by atoms with Crippen LogP contribution in [0.1, 0.15) is 18.5 Å². The van der Waals surface area contributed by atoms with Gasteiger partial charge in [0.2, 0.25) is 5.91 Å². The van der Waals surface area contributed by atoms with E-state index in [2.05, 4.69) is 15.4 Å². The molecule has 0 aliphatic carbocycles. The zero-order valence-electron chi connectivity index (χ0n) is 14.9. The van der Waals surface area contributed by atoms with Crippen molar-refractivity contribution in [3.8, 4) is 5.69 Å². The Bertz CT molecular complexity index is 912. The number of likely N-dealkylation sites (N-methyl/N-ethyl adjacent to an activating group) is 1. The number of halogens is 2. The van der Waals surface area contributed by atoms with Gasteiger partial charge in [0.15, 0.2) is 0 Å². The van der Waals surface area contributed by atoms with Crippen molar-refractivity contribution in [3.63, 3.8) is 0 Å². The van der Waals surface area contributed by atoms with Crippen LogP contribution in [0.3, 0.4) is 0 Å². The Morgan fingerprint density at radius 2 is 1.96 bits per heavy atom. The van der Waals surface area contributed by atoms with E-state index >= 15 is 0 Å². The minimum Gasteiger partial charge on any atom is -0.324 e. The molecule has 1 N–H and O–H groups in total. The summed E-state index contributed by atoms with van der Waals surface area (Å²) < 4.78 is 1.69. The fourth-order valence-corrected chi connectivity index (χ4v) is 2.98. The largest absolute Gasteiger partial charge is 0.324 e. The number of nitrogens with one attached hydrogen (secondary N) is 1. The van der Waals surface area contributed by atoms with Crippen molar-refractivity contribution in [1.82, 2.24) is 19.7 Å². The highest BCUT2D eigenvalue weighted by molar-refractivity contribution is 6.35. The van der Waals surface area contributed by atoms with Gasteiger partial charge in [-0.2, -0.15) is 5.10 Å². The lowest BCUT2D eigenvalue weighted by molar-refractivity contribution is -0.117. The third kappa shape index (κ3) is 4.86. The second kappa shape index (κ2) is 8.52. The Morgan fingerprint density at radius 1 is 1.22 bits per heavy atom. The molecule has 0 aliphatic rings. The lowest BCUT2D eigenvalue weighted by Gasteiger charge is -2.24. The van der Waals surface area contributed by atoms with Gasteiger partial charge in [-0.25, -0.2) is 9.67 Å². The minimum atomic E-state index is -0.159. The predicted molar refractivity (Wildman–Crippen MR) is 107 cm³/mol. The molecular formula is C19H19Cl2N5O. The van der Waals surface area contributed by atoms with E-state index in [0.717, 1.165) is 11.3 Å². The van der Waals surface area contributed by atoms with Crippen LogP contribution in [0.4, 0.5) is 5.69 Å². The first-order valence-electron chi connectivity index (χ1n) is 8.34. The number of hydrogen-bond donors (Lipinski definition) is 1. The van der Waals surface area contributed by atoms with Gasteiger partial charge in [0.05, 0.1) is 22.9 Å². The van der Waals surface area contributed by atoms with E-state index < -0.39 is 0 Å². The average Bonchev–Trinajstić information content (AvgIpc) is 3.19. The third-order valence-corrected chi connectivity index (χ3v) is 4.88. The fourth-order valence-electron chi connectivity index (χ4n) is 2.65. The average molecular weight is 404 g/mol. The Kier molecular flexibility index (Phi) is 6.11. The lowest BCUT2D eigenvalue weighted by atomic mass is 10.1. The molecule has 6 nitrogen and oxygen atoms in total. The highest BCUT2D eigenvalue weighted by Gasteiger charge is 2.16. The second-order valence-corrected chi connectivity index (χ2v) is 7.04. The molecule has 0 fully saturated rings. The maximum atomic E-state index is 12.4. The van der Waals surface area contributed by atoms with Gasteiger partial charge in [-0.3, -0.25) is 9.69 Å². The van der Waals surface area contributed by atoms with Crippen LogP contribution in [0, 0.1) is 0 Å². The standard InChI is InChI=1S/C19H19Cl2N5O/c1-13(14-3-6-16(7-4-14)26-12-22-11-23-26)25(2)10-19(27)24-18-9-15(20)5-8-17(18)21/h3-9,11-13H,10H2,1-2H3,(H,24,27)/t13-/m0/s1. The molecular weight excluding hydrogens is 385 g/mol. The van der Waals surface area contributed by atoms with Crippen LogP contribution in [0.2, 0.25) is 10.0 Å². The van der Waals surface area contributed by atoms with E-state index in [-0.39, 0.29) is 18.5 Å². The summed E-state index contributed by atoms with van der Waals surface area (Å²) in [6.45, 7) is 2.26.